The van der Waals surface area contributed by atoms with Crippen LogP contribution in [0.25, 0.3) is 0 Å². The highest BCUT2D eigenvalue weighted by molar-refractivity contribution is 5.92. The number of rotatable bonds is 15. The van der Waals surface area contributed by atoms with Crippen molar-refractivity contribution in [2.24, 2.45) is 17.2 Å². The van der Waals surface area contributed by atoms with Crippen LogP contribution < -0.4 is 27.8 Å². The first-order valence-corrected chi connectivity index (χ1v) is 12.5. The predicted octanol–water partition coefficient (Wildman–Crippen LogP) is 0.446. The van der Waals surface area contributed by atoms with Crippen molar-refractivity contribution in [1.29, 1.82) is 0 Å². The zero-order valence-electron chi connectivity index (χ0n) is 21.1. The summed E-state index contributed by atoms with van der Waals surface area (Å²) in [7, 11) is 0. The van der Waals surface area contributed by atoms with Gasteiger partial charge in [0.1, 0.15) is 6.04 Å². The molecule has 0 aliphatic rings. The van der Waals surface area contributed by atoms with Crippen molar-refractivity contribution in [3.05, 3.63) is 71.3 Å². The van der Waals surface area contributed by atoms with Gasteiger partial charge in [0.05, 0.1) is 12.5 Å². The monoisotopic (exact) mass is 496 g/mol. The van der Waals surface area contributed by atoms with Gasteiger partial charge in [-0.1, -0.05) is 61.5 Å². The Bertz CT molecular complexity index is 946. The molecule has 9 nitrogen and oxygen atoms in total. The Morgan fingerprint density at radius 3 is 2.06 bits per heavy atom. The summed E-state index contributed by atoms with van der Waals surface area (Å²) in [6, 6.07) is 15.9. The Morgan fingerprint density at radius 1 is 0.861 bits per heavy atom. The Kier molecular flexibility index (Phi) is 12.6. The minimum absolute atomic E-state index is 0.192. The quantitative estimate of drug-likeness (QED) is 0.241. The first-order valence-electron chi connectivity index (χ1n) is 12.5. The fraction of sp³-hybridized carbons (Fsp3) is 0.444. The van der Waals surface area contributed by atoms with Crippen LogP contribution in [0.4, 0.5) is 0 Å². The maximum atomic E-state index is 13.1. The second kappa shape index (κ2) is 15.7. The van der Waals surface area contributed by atoms with Crippen LogP contribution in [0.15, 0.2) is 54.6 Å². The van der Waals surface area contributed by atoms with Gasteiger partial charge in [0.2, 0.25) is 17.7 Å². The molecule has 9 heteroatoms. The lowest BCUT2D eigenvalue weighted by Crippen LogP contribution is -2.53. The first kappa shape index (κ1) is 29.0. The SMILES string of the molecule is CCc1ccc(CNC(=O)C(CCc2ccccc2)NC(=O)C(N)CC(=O)N(CCN)CCN)cc1. The third-order valence-corrected chi connectivity index (χ3v) is 5.98. The molecule has 196 valence electrons. The molecule has 2 rings (SSSR count). The minimum Gasteiger partial charge on any atom is -0.350 e. The van der Waals surface area contributed by atoms with E-state index in [1.54, 1.807) is 0 Å². The molecule has 0 heterocycles. The number of carbonyl (C=O) groups excluding carboxylic acids is 3. The highest BCUT2D eigenvalue weighted by Gasteiger charge is 2.26. The number of nitrogens with zero attached hydrogens (tertiary/aromatic N) is 1. The second-order valence-electron chi connectivity index (χ2n) is 8.74. The summed E-state index contributed by atoms with van der Waals surface area (Å²) in [6.45, 7) is 3.69. The number of hydrogen-bond acceptors (Lipinski definition) is 6. The van der Waals surface area contributed by atoms with Crippen molar-refractivity contribution < 1.29 is 14.4 Å². The molecule has 0 aliphatic carbocycles. The van der Waals surface area contributed by atoms with Gasteiger partial charge in [0.25, 0.3) is 0 Å². The zero-order valence-corrected chi connectivity index (χ0v) is 21.1. The molecule has 3 amide bonds. The molecule has 2 aromatic rings. The Hall–Kier alpha value is -3.27. The summed E-state index contributed by atoms with van der Waals surface area (Å²) >= 11 is 0. The van der Waals surface area contributed by atoms with E-state index in [1.807, 2.05) is 54.6 Å². The Morgan fingerprint density at radius 2 is 1.47 bits per heavy atom. The molecule has 0 spiro atoms. The second-order valence-corrected chi connectivity index (χ2v) is 8.74. The maximum Gasteiger partial charge on any atom is 0.242 e. The topological polar surface area (TPSA) is 157 Å². The van der Waals surface area contributed by atoms with Crippen LogP contribution in [0.5, 0.6) is 0 Å². The number of amides is 3. The van der Waals surface area contributed by atoms with Crippen molar-refractivity contribution >= 4 is 17.7 Å². The van der Waals surface area contributed by atoms with E-state index in [2.05, 4.69) is 17.6 Å². The average Bonchev–Trinajstić information content (AvgIpc) is 2.90. The zero-order chi connectivity index (χ0) is 26.3. The summed E-state index contributed by atoms with van der Waals surface area (Å²) in [5.41, 5.74) is 20.4. The molecular formula is C27H40N6O3. The van der Waals surface area contributed by atoms with E-state index in [0.29, 0.717) is 32.5 Å². The normalized spacial score (nSPS) is 12.4. The van der Waals surface area contributed by atoms with Gasteiger partial charge < -0.3 is 32.7 Å². The molecule has 36 heavy (non-hydrogen) atoms. The fourth-order valence-electron chi connectivity index (χ4n) is 3.79. The molecule has 0 aliphatic heterocycles. The molecular weight excluding hydrogens is 456 g/mol. The van der Waals surface area contributed by atoms with Crippen LogP contribution in [-0.4, -0.2) is 60.9 Å². The van der Waals surface area contributed by atoms with Crippen molar-refractivity contribution in [3.63, 3.8) is 0 Å². The molecule has 8 N–H and O–H groups in total. The van der Waals surface area contributed by atoms with Gasteiger partial charge in [-0.2, -0.15) is 0 Å². The minimum atomic E-state index is -1.09. The number of aryl methyl sites for hydroxylation is 2. The van der Waals surface area contributed by atoms with Crippen molar-refractivity contribution in [3.8, 4) is 0 Å². The summed E-state index contributed by atoms with van der Waals surface area (Å²) < 4.78 is 0. The third-order valence-electron chi connectivity index (χ3n) is 5.98. The Balaban J connectivity index is 2.02. The third kappa shape index (κ3) is 9.77. The van der Waals surface area contributed by atoms with E-state index in [9.17, 15) is 14.4 Å². The maximum absolute atomic E-state index is 13.1. The van der Waals surface area contributed by atoms with Gasteiger partial charge in [0, 0.05) is 32.7 Å². The smallest absolute Gasteiger partial charge is 0.242 e. The van der Waals surface area contributed by atoms with Crippen LogP contribution in [0, 0.1) is 0 Å². The van der Waals surface area contributed by atoms with Crippen LogP contribution >= 0.6 is 0 Å². The molecule has 2 atom stereocenters. The standard InChI is InChI=1S/C27H40N6O3/c1-2-20-8-10-22(11-9-20)19-31-27(36)24(13-12-21-6-4-3-5-7-21)32-26(35)23(30)18-25(34)33(16-14-28)17-15-29/h3-11,23-24H,2,12-19,28-30H2,1H3,(H,31,36)(H,32,35). The van der Waals surface area contributed by atoms with E-state index in [-0.39, 0.29) is 31.3 Å². The molecule has 2 aromatic carbocycles. The molecule has 0 saturated carbocycles. The number of nitrogens with one attached hydrogen (secondary N) is 2. The largest absolute Gasteiger partial charge is 0.350 e. The lowest BCUT2D eigenvalue weighted by atomic mass is 10.0. The van der Waals surface area contributed by atoms with Crippen molar-refractivity contribution in [2.75, 3.05) is 26.2 Å². The van der Waals surface area contributed by atoms with Crippen LogP contribution in [0.2, 0.25) is 0 Å². The molecule has 0 fully saturated rings. The number of benzene rings is 2. The summed E-state index contributed by atoms with van der Waals surface area (Å²) in [4.78, 5) is 39.9. The van der Waals surface area contributed by atoms with Gasteiger partial charge in [-0.25, -0.2) is 0 Å². The molecule has 2 unspecified atom stereocenters. The van der Waals surface area contributed by atoms with E-state index < -0.39 is 18.0 Å². The highest BCUT2D eigenvalue weighted by Crippen LogP contribution is 2.08. The first-order chi connectivity index (χ1) is 17.4. The predicted molar refractivity (Wildman–Crippen MR) is 142 cm³/mol. The van der Waals surface area contributed by atoms with Crippen LogP contribution in [0.1, 0.15) is 36.5 Å². The van der Waals surface area contributed by atoms with Crippen LogP contribution in [-0.2, 0) is 33.8 Å². The average molecular weight is 497 g/mol. The fourth-order valence-corrected chi connectivity index (χ4v) is 3.79. The lowest BCUT2D eigenvalue weighted by Gasteiger charge is -2.24. The van der Waals surface area contributed by atoms with Crippen molar-refractivity contribution in [1.82, 2.24) is 15.5 Å². The molecule has 0 bridgehead atoms. The Labute approximate surface area is 213 Å². The van der Waals surface area contributed by atoms with Gasteiger partial charge >= 0.3 is 0 Å². The number of nitrogens with two attached hydrogens (primary N) is 3. The highest BCUT2D eigenvalue weighted by atomic mass is 16.2. The van der Waals surface area contributed by atoms with Crippen molar-refractivity contribution in [2.45, 2.75) is 51.2 Å². The summed E-state index contributed by atoms with van der Waals surface area (Å²) in [5, 5.41) is 5.67. The summed E-state index contributed by atoms with van der Waals surface area (Å²) in [6.07, 6.45) is 1.74. The van der Waals surface area contributed by atoms with Gasteiger partial charge in [-0.3, -0.25) is 14.4 Å². The number of carbonyl (C=O) groups is 3. The molecule has 0 radical (unpaired) electrons. The molecule has 0 saturated heterocycles. The van der Waals surface area contributed by atoms with E-state index in [4.69, 9.17) is 17.2 Å². The molecule has 0 aromatic heterocycles. The number of hydrogen-bond donors (Lipinski definition) is 5. The summed E-state index contributed by atoms with van der Waals surface area (Å²) in [5.74, 6) is -1.15. The van der Waals surface area contributed by atoms with Gasteiger partial charge in [0.15, 0.2) is 0 Å². The van der Waals surface area contributed by atoms with E-state index >= 15 is 0 Å². The van der Waals surface area contributed by atoms with Crippen LogP contribution in [0.3, 0.4) is 0 Å². The lowest BCUT2D eigenvalue weighted by molar-refractivity contribution is -0.135. The van der Waals surface area contributed by atoms with Gasteiger partial charge in [-0.05, 0) is 36.0 Å². The van der Waals surface area contributed by atoms with E-state index in [1.165, 1.54) is 10.5 Å². The van der Waals surface area contributed by atoms with Gasteiger partial charge in [-0.15, -0.1) is 0 Å². The van der Waals surface area contributed by atoms with E-state index in [0.717, 1.165) is 17.5 Å².